The fraction of sp³-hybridized carbons (Fsp3) is 0.508. The molecule has 64 heavy (non-hydrogen) atoms. The first kappa shape index (κ1) is 57.7. The van der Waals surface area contributed by atoms with Crippen LogP contribution in [-0.2, 0) is 41.5 Å². The first-order chi connectivity index (χ1) is 28.7. The molecule has 350 valence electrons. The summed E-state index contributed by atoms with van der Waals surface area (Å²) in [4.78, 5) is 0. The number of allylic oxidation sites excluding steroid dienone is 10. The molecule has 0 nitrogen and oxygen atoms in total. The third-order valence-electron chi connectivity index (χ3n) is 16.1. The molecule has 5 aliphatic rings. The van der Waals surface area contributed by atoms with E-state index in [1.165, 1.54) is 71.3 Å². The zero-order valence-corrected chi connectivity index (χ0v) is 47.3. The summed E-state index contributed by atoms with van der Waals surface area (Å²) in [7, 11) is 0. The Kier molecular flexibility index (Phi) is 19.9. The summed E-state index contributed by atoms with van der Waals surface area (Å²) in [5.74, 6) is 2.81. The Bertz CT molecular complexity index is 2090. The fourth-order valence-corrected chi connectivity index (χ4v) is 10.6. The maximum atomic E-state index is 3.35. The van der Waals surface area contributed by atoms with Crippen LogP contribution in [-0.4, -0.2) is 4.21 Å². The van der Waals surface area contributed by atoms with Crippen molar-refractivity contribution in [2.75, 3.05) is 0 Å². The number of fused-ring (bicyclic) bond motifs is 6. The van der Waals surface area contributed by atoms with Crippen molar-refractivity contribution < 1.29 is 24.2 Å². The number of hydrogen-bond acceptors (Lipinski definition) is 0. The van der Waals surface area contributed by atoms with Gasteiger partial charge in [-0.3, -0.25) is 6.08 Å². The third-order valence-corrected chi connectivity index (χ3v) is 16.1. The Labute approximate surface area is 421 Å². The van der Waals surface area contributed by atoms with Gasteiger partial charge in [0.25, 0.3) is 0 Å². The number of hydrogen-bond donors (Lipinski definition) is 0. The van der Waals surface area contributed by atoms with Gasteiger partial charge in [0.2, 0.25) is 0 Å². The SMILES string of the molecule is CC(C)(C)c1cc[c-]cc1.CC(C)(C)c1cc[c-]cc1.CCC1[C-]=CC(C(C)(C)C)=C1.C[C-]1C2=C3Cc4ccccc4C3=C3C=CCCC3C2(C)C(C)(C)C(C)(C)C1(C)C.Cl.Cl.[CH2]=[Zr]. The second-order valence-corrected chi connectivity index (χ2v) is 23.0. The van der Waals surface area contributed by atoms with Crippen LogP contribution in [0.1, 0.15) is 166 Å². The van der Waals surface area contributed by atoms with E-state index in [9.17, 15) is 0 Å². The normalized spacial score (nSPS) is 22.8. The van der Waals surface area contributed by atoms with Crippen LogP contribution in [0.5, 0.6) is 0 Å². The third kappa shape index (κ3) is 11.5. The Morgan fingerprint density at radius 2 is 1.22 bits per heavy atom. The van der Waals surface area contributed by atoms with E-state index in [-0.39, 0.29) is 57.3 Å². The number of halogens is 2. The van der Waals surface area contributed by atoms with E-state index in [0.717, 1.165) is 6.42 Å². The van der Waals surface area contributed by atoms with E-state index >= 15 is 0 Å². The molecule has 8 rings (SSSR count). The molecule has 3 aromatic carbocycles. The van der Waals surface area contributed by atoms with E-state index in [1.807, 2.05) is 24.3 Å². The van der Waals surface area contributed by atoms with Gasteiger partial charge in [0, 0.05) is 0 Å². The van der Waals surface area contributed by atoms with Gasteiger partial charge >= 0.3 is 28.4 Å². The second kappa shape index (κ2) is 22.1. The van der Waals surface area contributed by atoms with E-state index in [0.29, 0.717) is 17.3 Å². The molecule has 5 aliphatic carbocycles. The number of benzene rings is 3. The van der Waals surface area contributed by atoms with Gasteiger partial charge in [0.1, 0.15) is 0 Å². The van der Waals surface area contributed by atoms with Crippen molar-refractivity contribution in [1.82, 2.24) is 0 Å². The first-order valence-corrected chi connectivity index (χ1v) is 25.1. The zero-order chi connectivity index (χ0) is 46.7. The molecule has 0 aromatic heterocycles. The van der Waals surface area contributed by atoms with Crippen molar-refractivity contribution in [3.05, 3.63) is 166 Å². The molecule has 3 atom stereocenters. The quantitative estimate of drug-likeness (QED) is 0.213. The van der Waals surface area contributed by atoms with Gasteiger partial charge in [-0.25, -0.2) is 12.0 Å². The van der Waals surface area contributed by atoms with E-state index in [2.05, 4.69) is 220 Å². The molecular formula is C61H84Cl2Zr-4. The molecule has 3 heteroatoms. The van der Waals surface area contributed by atoms with Crippen molar-refractivity contribution in [2.24, 2.45) is 38.9 Å². The minimum absolute atomic E-state index is 0. The molecule has 1 saturated carbocycles. The Hall–Kier alpha value is -2.44. The number of rotatable bonds is 1. The summed E-state index contributed by atoms with van der Waals surface area (Å²) in [6.45, 7) is 42.5. The van der Waals surface area contributed by atoms with Crippen LogP contribution in [0, 0.1) is 63.0 Å². The van der Waals surface area contributed by atoms with Gasteiger partial charge in [-0.2, -0.15) is 94.6 Å². The monoisotopic (exact) mass is 977 g/mol. The summed E-state index contributed by atoms with van der Waals surface area (Å²) in [6.07, 6.45) is 17.5. The molecule has 0 heterocycles. The summed E-state index contributed by atoms with van der Waals surface area (Å²) < 4.78 is 3.34. The molecule has 0 radical (unpaired) electrons. The van der Waals surface area contributed by atoms with E-state index in [4.69, 9.17) is 0 Å². The van der Waals surface area contributed by atoms with E-state index < -0.39 is 0 Å². The Morgan fingerprint density at radius 1 is 0.719 bits per heavy atom. The average molecular weight is 979 g/mol. The summed E-state index contributed by atoms with van der Waals surface area (Å²) in [5, 5.41) is 0. The van der Waals surface area contributed by atoms with Gasteiger partial charge in [0.05, 0.1) is 0 Å². The molecule has 0 spiro atoms. The van der Waals surface area contributed by atoms with Crippen molar-refractivity contribution in [1.29, 1.82) is 0 Å². The van der Waals surface area contributed by atoms with Gasteiger partial charge in [-0.15, -0.1) is 31.7 Å². The minimum atomic E-state index is 0. The molecule has 0 bridgehead atoms. The average Bonchev–Trinajstić information content (AvgIpc) is 3.88. The molecule has 3 aromatic rings. The molecule has 3 unspecified atom stereocenters. The molecule has 0 N–H and O–H groups in total. The summed E-state index contributed by atoms with van der Waals surface area (Å²) in [5.41, 5.74) is 15.3. The molecule has 0 saturated heterocycles. The summed E-state index contributed by atoms with van der Waals surface area (Å²) in [6, 6.07) is 31.5. The van der Waals surface area contributed by atoms with Crippen LogP contribution in [0.15, 0.2) is 119 Å². The zero-order valence-electron chi connectivity index (χ0n) is 43.2. The van der Waals surface area contributed by atoms with Crippen LogP contribution < -0.4 is 0 Å². The van der Waals surface area contributed by atoms with Gasteiger partial charge in [-0.05, 0) is 51.4 Å². The standard InChI is InChI=1S/C29H37.C11H17.2C10H13.CH2.2ClH.Zr/c1-18-25-22-17-19-13-9-10-14-20(19)24(22)21-15-11-12-16-23(21)29(25,8)28(6,7)27(4,5)26(18,2)3;1-5-9-6-7-10(8-9)11(2,3)4;2*1-10(2,3)9-7-5-4-6-8-9;;;;/h9-11,13-15,23H,12,16-17H2,1-8H3;7-9H,5H2,1-4H3;2*5-8H,1-3H3;1H2;2*1H;/q4*-1;;;;. The topological polar surface area (TPSA) is 0 Å². The predicted octanol–water partition coefficient (Wildman–Crippen LogP) is 17.7. The van der Waals surface area contributed by atoms with Gasteiger partial charge < -0.3 is 0 Å². The molecule has 1 fully saturated rings. The Morgan fingerprint density at radius 3 is 1.64 bits per heavy atom. The van der Waals surface area contributed by atoms with Gasteiger partial charge in [-0.1, -0.05) is 200 Å². The van der Waals surface area contributed by atoms with Crippen molar-refractivity contribution in [2.45, 2.75) is 161 Å². The fourth-order valence-electron chi connectivity index (χ4n) is 10.6. The van der Waals surface area contributed by atoms with E-state index in [1.54, 1.807) is 28.2 Å². The maximum absolute atomic E-state index is 3.35. The van der Waals surface area contributed by atoms with Crippen LogP contribution in [0.2, 0.25) is 0 Å². The second-order valence-electron chi connectivity index (χ2n) is 23.0. The predicted molar refractivity (Wildman–Crippen MR) is 283 cm³/mol. The van der Waals surface area contributed by atoms with Gasteiger partial charge in [0.15, 0.2) is 0 Å². The molecule has 0 amide bonds. The van der Waals surface area contributed by atoms with Crippen LogP contribution in [0.4, 0.5) is 0 Å². The molecular weight excluding hydrogens is 895 g/mol. The van der Waals surface area contributed by atoms with Crippen molar-refractivity contribution in [3.63, 3.8) is 0 Å². The van der Waals surface area contributed by atoms with Crippen LogP contribution in [0.25, 0.3) is 5.57 Å². The van der Waals surface area contributed by atoms with Crippen molar-refractivity contribution >= 4 is 34.6 Å². The van der Waals surface area contributed by atoms with Crippen LogP contribution in [0.3, 0.4) is 0 Å². The van der Waals surface area contributed by atoms with Crippen molar-refractivity contribution in [3.8, 4) is 0 Å². The van der Waals surface area contributed by atoms with Crippen LogP contribution >= 0.6 is 24.8 Å². The first-order valence-electron chi connectivity index (χ1n) is 23.4. The summed E-state index contributed by atoms with van der Waals surface area (Å²) >= 11 is 1.30. The Balaban J connectivity index is 0.000000333. The molecule has 0 aliphatic heterocycles.